The van der Waals surface area contributed by atoms with Crippen molar-refractivity contribution in [2.45, 2.75) is 12.9 Å². The lowest BCUT2D eigenvalue weighted by Crippen LogP contribution is -2.05. The smallest absolute Gasteiger partial charge is 0.258 e. The van der Waals surface area contributed by atoms with Gasteiger partial charge >= 0.3 is 6.18 Å². The summed E-state index contributed by atoms with van der Waals surface area (Å²) < 4.78 is 47.7. The van der Waals surface area contributed by atoms with Crippen molar-refractivity contribution in [3.05, 3.63) is 29.6 Å². The van der Waals surface area contributed by atoms with Gasteiger partial charge in [-0.15, -0.1) is 0 Å². The molecule has 12 heavy (non-hydrogen) atoms. The van der Waals surface area contributed by atoms with E-state index in [2.05, 4.69) is 4.98 Å². The maximum Gasteiger partial charge on any atom is 0.416 e. The monoisotopic (exact) mass is 179 g/mol. The van der Waals surface area contributed by atoms with Crippen molar-refractivity contribution in [3.8, 4) is 0 Å². The predicted octanol–water partition coefficient (Wildman–Crippen LogP) is 2.57. The van der Waals surface area contributed by atoms with Crippen molar-refractivity contribution in [1.82, 2.24) is 4.98 Å². The molecular formula is C7H5F4N. The molecule has 0 radical (unpaired) electrons. The fourth-order valence-electron chi connectivity index (χ4n) is 0.728. The third kappa shape index (κ3) is 1.93. The Labute approximate surface area is 66.0 Å². The molecule has 0 aliphatic heterocycles. The first-order valence-electron chi connectivity index (χ1n) is 3.12. The quantitative estimate of drug-likeness (QED) is 0.603. The molecule has 0 aliphatic rings. The minimum Gasteiger partial charge on any atom is -0.258 e. The van der Waals surface area contributed by atoms with Gasteiger partial charge in [-0.2, -0.15) is 13.2 Å². The molecule has 0 N–H and O–H groups in total. The van der Waals surface area contributed by atoms with Crippen LogP contribution in [0.3, 0.4) is 0 Å². The van der Waals surface area contributed by atoms with Crippen LogP contribution < -0.4 is 0 Å². The summed E-state index contributed by atoms with van der Waals surface area (Å²) >= 11 is 0. The van der Waals surface area contributed by atoms with Gasteiger partial charge in [0.1, 0.15) is 6.67 Å². The molecule has 1 nitrogen and oxygen atoms in total. The molecule has 1 aromatic rings. The van der Waals surface area contributed by atoms with E-state index in [1.165, 1.54) is 0 Å². The number of pyridine rings is 1. The Morgan fingerprint density at radius 1 is 1.33 bits per heavy atom. The van der Waals surface area contributed by atoms with Crippen LogP contribution in [0.15, 0.2) is 18.3 Å². The fraction of sp³-hybridized carbons (Fsp3) is 0.286. The summed E-state index contributed by atoms with van der Waals surface area (Å²) in [4.78, 5) is 3.40. The largest absolute Gasteiger partial charge is 0.416 e. The molecule has 0 saturated heterocycles. The molecule has 0 spiro atoms. The van der Waals surface area contributed by atoms with Crippen LogP contribution in [0.1, 0.15) is 11.3 Å². The lowest BCUT2D eigenvalue weighted by atomic mass is 10.2. The molecule has 0 aliphatic carbocycles. The van der Waals surface area contributed by atoms with Gasteiger partial charge in [-0.05, 0) is 12.1 Å². The minimum absolute atomic E-state index is 0.204. The maximum atomic E-state index is 12.0. The van der Waals surface area contributed by atoms with E-state index in [1.54, 1.807) is 0 Å². The van der Waals surface area contributed by atoms with E-state index in [0.29, 0.717) is 6.07 Å². The summed E-state index contributed by atoms with van der Waals surface area (Å²) in [5, 5.41) is 0. The summed E-state index contributed by atoms with van der Waals surface area (Å²) in [5.74, 6) is 0. The van der Waals surface area contributed by atoms with Crippen LogP contribution in [0, 0.1) is 0 Å². The number of nitrogens with zero attached hydrogens (tertiary/aromatic N) is 1. The third-order valence-electron chi connectivity index (χ3n) is 1.28. The van der Waals surface area contributed by atoms with Gasteiger partial charge in [0.05, 0.1) is 11.3 Å². The number of hydrogen-bond acceptors (Lipinski definition) is 1. The molecule has 66 valence electrons. The first-order chi connectivity index (χ1) is 5.54. The van der Waals surface area contributed by atoms with Crippen molar-refractivity contribution >= 4 is 0 Å². The van der Waals surface area contributed by atoms with E-state index in [0.717, 1.165) is 12.3 Å². The molecule has 1 heterocycles. The van der Waals surface area contributed by atoms with Crippen molar-refractivity contribution in [3.63, 3.8) is 0 Å². The van der Waals surface area contributed by atoms with Gasteiger partial charge in [-0.1, -0.05) is 0 Å². The molecule has 0 bridgehead atoms. The van der Waals surface area contributed by atoms with Crippen molar-refractivity contribution in [2.75, 3.05) is 0 Å². The van der Waals surface area contributed by atoms with Gasteiger partial charge in [-0.3, -0.25) is 4.98 Å². The topological polar surface area (TPSA) is 12.9 Å². The van der Waals surface area contributed by atoms with Crippen LogP contribution in [0.2, 0.25) is 0 Å². The van der Waals surface area contributed by atoms with Crippen LogP contribution in [-0.2, 0) is 12.9 Å². The van der Waals surface area contributed by atoms with Crippen LogP contribution in [0.25, 0.3) is 0 Å². The van der Waals surface area contributed by atoms with E-state index in [4.69, 9.17) is 0 Å². The zero-order valence-electron chi connectivity index (χ0n) is 5.90. The number of hydrogen-bond donors (Lipinski definition) is 0. The van der Waals surface area contributed by atoms with Gasteiger partial charge < -0.3 is 0 Å². The fourth-order valence-corrected chi connectivity index (χ4v) is 0.728. The van der Waals surface area contributed by atoms with Crippen molar-refractivity contribution < 1.29 is 17.6 Å². The highest BCUT2D eigenvalue weighted by molar-refractivity contribution is 5.18. The lowest BCUT2D eigenvalue weighted by molar-refractivity contribution is -0.137. The zero-order valence-corrected chi connectivity index (χ0v) is 5.90. The zero-order chi connectivity index (χ0) is 9.19. The van der Waals surface area contributed by atoms with Gasteiger partial charge in [-0.25, -0.2) is 4.39 Å². The molecule has 0 unspecified atom stereocenters. The molecule has 0 amide bonds. The molecule has 1 aromatic heterocycles. The van der Waals surface area contributed by atoms with Gasteiger partial charge in [0.15, 0.2) is 0 Å². The van der Waals surface area contributed by atoms with Gasteiger partial charge in [0.2, 0.25) is 0 Å². The second-order valence-corrected chi connectivity index (χ2v) is 2.17. The van der Waals surface area contributed by atoms with E-state index >= 15 is 0 Å². The molecule has 1 rings (SSSR count). The third-order valence-corrected chi connectivity index (χ3v) is 1.28. The van der Waals surface area contributed by atoms with Gasteiger partial charge in [0.25, 0.3) is 0 Å². The second kappa shape index (κ2) is 3.08. The van der Waals surface area contributed by atoms with Crippen LogP contribution in [0.5, 0.6) is 0 Å². The average Bonchev–Trinajstić information content (AvgIpc) is 2.03. The summed E-state index contributed by atoms with van der Waals surface area (Å²) in [7, 11) is 0. The predicted molar refractivity (Wildman–Crippen MR) is 34.1 cm³/mol. The minimum atomic E-state index is -4.42. The number of halogens is 4. The normalized spacial score (nSPS) is 11.7. The summed E-state index contributed by atoms with van der Waals surface area (Å²) in [5.41, 5.74) is -1.07. The Balaban J connectivity index is 3.02. The van der Waals surface area contributed by atoms with E-state index in [9.17, 15) is 17.6 Å². The highest BCUT2D eigenvalue weighted by Gasteiger charge is 2.30. The molecule has 5 heteroatoms. The van der Waals surface area contributed by atoms with Crippen LogP contribution in [-0.4, -0.2) is 4.98 Å². The highest BCUT2D eigenvalue weighted by atomic mass is 19.4. The molecule has 0 aromatic carbocycles. The van der Waals surface area contributed by atoms with Crippen molar-refractivity contribution in [2.24, 2.45) is 0 Å². The van der Waals surface area contributed by atoms with E-state index in [-0.39, 0.29) is 5.69 Å². The average molecular weight is 179 g/mol. The summed E-state index contributed by atoms with van der Waals surface area (Å²) in [6.45, 7) is -0.982. The number of aromatic nitrogens is 1. The van der Waals surface area contributed by atoms with E-state index < -0.39 is 18.4 Å². The Kier molecular flexibility index (Phi) is 2.30. The van der Waals surface area contributed by atoms with Gasteiger partial charge in [0, 0.05) is 6.20 Å². The highest BCUT2D eigenvalue weighted by Crippen LogP contribution is 2.28. The molecule has 0 fully saturated rings. The Morgan fingerprint density at radius 2 is 2.00 bits per heavy atom. The maximum absolute atomic E-state index is 12.0. The standard InChI is InChI=1S/C7H5F4N/c8-4-6-3-5(1-2-12-6)7(9,10)11/h1-3H,4H2. The SMILES string of the molecule is FCc1cc(C(F)(F)F)ccn1. The molecular weight excluding hydrogens is 174 g/mol. The Morgan fingerprint density at radius 3 is 2.50 bits per heavy atom. The van der Waals surface area contributed by atoms with E-state index in [1.807, 2.05) is 0 Å². The summed E-state index contributed by atoms with van der Waals surface area (Å²) in [6, 6.07) is 1.50. The van der Waals surface area contributed by atoms with Crippen LogP contribution >= 0.6 is 0 Å². The number of alkyl halides is 4. The first-order valence-corrected chi connectivity index (χ1v) is 3.12. The molecule has 0 saturated carbocycles. The number of rotatable bonds is 1. The Hall–Kier alpha value is -1.13. The Bertz CT molecular complexity index is 268. The molecule has 0 atom stereocenters. The second-order valence-electron chi connectivity index (χ2n) is 2.17. The lowest BCUT2D eigenvalue weighted by Gasteiger charge is -2.05. The van der Waals surface area contributed by atoms with Crippen molar-refractivity contribution in [1.29, 1.82) is 0 Å². The van der Waals surface area contributed by atoms with Crippen LogP contribution in [0.4, 0.5) is 17.6 Å². The summed E-state index contributed by atoms with van der Waals surface area (Å²) in [6.07, 6.45) is -3.48. The first kappa shape index (κ1) is 8.96.